The van der Waals surface area contributed by atoms with Gasteiger partial charge in [0.25, 0.3) is 0 Å². The van der Waals surface area contributed by atoms with Gasteiger partial charge in [0, 0.05) is 43.7 Å². The summed E-state index contributed by atoms with van der Waals surface area (Å²) in [6.07, 6.45) is 2.32. The molecule has 0 aliphatic carbocycles. The third-order valence-electron chi connectivity index (χ3n) is 5.90. The molecule has 2 unspecified atom stereocenters. The molecule has 0 radical (unpaired) electrons. The maximum Gasteiger partial charge on any atom is 0.214 e. The van der Waals surface area contributed by atoms with E-state index in [0.29, 0.717) is 31.8 Å². The molecule has 168 valence electrons. The molecule has 4 rings (SSSR count). The van der Waals surface area contributed by atoms with Crippen molar-refractivity contribution in [1.82, 2.24) is 14.3 Å². The second kappa shape index (κ2) is 9.22. The van der Waals surface area contributed by atoms with Gasteiger partial charge in [0.2, 0.25) is 10.0 Å². The lowest BCUT2D eigenvalue weighted by molar-refractivity contribution is -0.00555. The van der Waals surface area contributed by atoms with Crippen LogP contribution in [0.1, 0.15) is 44.9 Å². The number of benzene rings is 1. The Morgan fingerprint density at radius 2 is 1.81 bits per heavy atom. The Kier molecular flexibility index (Phi) is 6.60. The topological polar surface area (TPSA) is 75.6 Å². The number of anilines is 1. The average molecular weight is 445 g/mol. The zero-order valence-electron chi connectivity index (χ0n) is 18.6. The standard InChI is InChI=1S/C23H32N4O3S/c1-4-5-13-31(28,29)27-12-11-21-20(16-27)23(26-14-17(2)30-18(3)15-26)25-22(24-21)19-9-7-6-8-10-19/h6-10,17-18H,4-5,11-16H2,1-3H3. The first-order chi connectivity index (χ1) is 14.9. The van der Waals surface area contributed by atoms with E-state index in [1.807, 2.05) is 37.3 Å². The number of hydrogen-bond acceptors (Lipinski definition) is 6. The number of unbranched alkanes of at least 4 members (excludes halogenated alkanes) is 1. The second-order valence-electron chi connectivity index (χ2n) is 8.58. The Morgan fingerprint density at radius 3 is 2.48 bits per heavy atom. The molecule has 1 fully saturated rings. The highest BCUT2D eigenvalue weighted by atomic mass is 32.2. The molecule has 0 amide bonds. The van der Waals surface area contributed by atoms with Crippen molar-refractivity contribution >= 4 is 15.8 Å². The van der Waals surface area contributed by atoms with Gasteiger partial charge in [-0.05, 0) is 20.3 Å². The molecule has 2 atom stereocenters. The fourth-order valence-electron chi connectivity index (χ4n) is 4.39. The van der Waals surface area contributed by atoms with Crippen molar-refractivity contribution < 1.29 is 13.2 Å². The van der Waals surface area contributed by atoms with Gasteiger partial charge in [0.1, 0.15) is 5.82 Å². The fourth-order valence-corrected chi connectivity index (χ4v) is 6.00. The molecule has 0 saturated carbocycles. The normalized spacial score (nSPS) is 22.4. The Labute approximate surface area is 185 Å². The van der Waals surface area contributed by atoms with Gasteiger partial charge >= 0.3 is 0 Å². The lowest BCUT2D eigenvalue weighted by Crippen LogP contribution is -2.47. The van der Waals surface area contributed by atoms with Crippen molar-refractivity contribution in [1.29, 1.82) is 0 Å². The van der Waals surface area contributed by atoms with E-state index in [0.717, 1.165) is 42.1 Å². The number of sulfonamides is 1. The maximum absolute atomic E-state index is 12.9. The molecule has 0 spiro atoms. The molecular formula is C23H32N4O3S. The molecule has 2 aliphatic rings. The number of hydrogen-bond donors (Lipinski definition) is 0. The van der Waals surface area contributed by atoms with Crippen molar-refractivity contribution in [3.05, 3.63) is 41.6 Å². The summed E-state index contributed by atoms with van der Waals surface area (Å²) in [4.78, 5) is 12.1. The van der Waals surface area contributed by atoms with Crippen molar-refractivity contribution in [3.8, 4) is 11.4 Å². The Bertz CT molecular complexity index is 1000. The van der Waals surface area contributed by atoms with Crippen LogP contribution < -0.4 is 4.90 Å². The summed E-state index contributed by atoms with van der Waals surface area (Å²) in [5.41, 5.74) is 2.86. The first kappa shape index (κ1) is 22.2. The molecule has 7 nitrogen and oxygen atoms in total. The van der Waals surface area contributed by atoms with Crippen LogP contribution in [0.2, 0.25) is 0 Å². The van der Waals surface area contributed by atoms with Gasteiger partial charge in [-0.3, -0.25) is 0 Å². The number of nitrogens with zero attached hydrogens (tertiary/aromatic N) is 4. The van der Waals surface area contributed by atoms with Crippen molar-refractivity contribution in [2.45, 2.75) is 58.8 Å². The van der Waals surface area contributed by atoms with Crippen LogP contribution in [0.15, 0.2) is 30.3 Å². The zero-order valence-corrected chi connectivity index (χ0v) is 19.4. The summed E-state index contributed by atoms with van der Waals surface area (Å²) in [5.74, 6) is 1.74. The van der Waals surface area contributed by atoms with Crippen molar-refractivity contribution in [2.24, 2.45) is 0 Å². The first-order valence-corrected chi connectivity index (χ1v) is 12.8. The van der Waals surface area contributed by atoms with Crippen LogP contribution in [0.3, 0.4) is 0 Å². The second-order valence-corrected chi connectivity index (χ2v) is 10.7. The quantitative estimate of drug-likeness (QED) is 0.681. The molecule has 1 aromatic carbocycles. The highest BCUT2D eigenvalue weighted by Gasteiger charge is 2.33. The molecule has 1 saturated heterocycles. The van der Waals surface area contributed by atoms with Crippen LogP contribution in [-0.4, -0.2) is 60.3 Å². The number of fused-ring (bicyclic) bond motifs is 1. The Morgan fingerprint density at radius 1 is 1.10 bits per heavy atom. The van der Waals surface area contributed by atoms with Crippen LogP contribution in [-0.2, 0) is 27.7 Å². The SMILES string of the molecule is CCCCS(=O)(=O)N1CCc2nc(-c3ccccc3)nc(N3CC(C)OC(C)C3)c2C1. The molecule has 8 heteroatoms. The van der Waals surface area contributed by atoms with Crippen LogP contribution in [0.5, 0.6) is 0 Å². The molecule has 0 bridgehead atoms. The summed E-state index contributed by atoms with van der Waals surface area (Å²) >= 11 is 0. The van der Waals surface area contributed by atoms with Gasteiger partial charge in [-0.25, -0.2) is 18.4 Å². The van der Waals surface area contributed by atoms with Crippen LogP contribution in [0.25, 0.3) is 11.4 Å². The minimum atomic E-state index is -3.28. The van der Waals surface area contributed by atoms with Gasteiger partial charge in [0.05, 0.1) is 23.7 Å². The summed E-state index contributed by atoms with van der Waals surface area (Å²) in [5, 5.41) is 0. The summed E-state index contributed by atoms with van der Waals surface area (Å²) in [6, 6.07) is 9.98. The largest absolute Gasteiger partial charge is 0.372 e. The molecule has 31 heavy (non-hydrogen) atoms. The summed E-state index contributed by atoms with van der Waals surface area (Å²) in [6.45, 7) is 8.41. The Hall–Kier alpha value is -2.03. The minimum Gasteiger partial charge on any atom is -0.372 e. The first-order valence-electron chi connectivity index (χ1n) is 11.2. The third-order valence-corrected chi connectivity index (χ3v) is 7.81. The average Bonchev–Trinajstić information content (AvgIpc) is 2.76. The molecule has 2 aromatic rings. The predicted molar refractivity (Wildman–Crippen MR) is 122 cm³/mol. The third kappa shape index (κ3) is 4.91. The highest BCUT2D eigenvalue weighted by molar-refractivity contribution is 7.89. The lowest BCUT2D eigenvalue weighted by Gasteiger charge is -2.38. The highest BCUT2D eigenvalue weighted by Crippen LogP contribution is 2.32. The number of aromatic nitrogens is 2. The van der Waals surface area contributed by atoms with Crippen molar-refractivity contribution in [3.63, 3.8) is 0 Å². The zero-order chi connectivity index (χ0) is 22.0. The minimum absolute atomic E-state index is 0.0857. The van der Waals surface area contributed by atoms with Gasteiger partial charge in [-0.15, -0.1) is 0 Å². The van der Waals surface area contributed by atoms with E-state index < -0.39 is 10.0 Å². The van der Waals surface area contributed by atoms with Crippen LogP contribution in [0, 0.1) is 0 Å². The fraction of sp³-hybridized carbons (Fsp3) is 0.565. The number of morpholine rings is 1. The van der Waals surface area contributed by atoms with Gasteiger partial charge in [0.15, 0.2) is 5.82 Å². The Balaban J connectivity index is 1.75. The van der Waals surface area contributed by atoms with Gasteiger partial charge in [-0.2, -0.15) is 4.31 Å². The van der Waals surface area contributed by atoms with E-state index in [-0.39, 0.29) is 18.0 Å². The van der Waals surface area contributed by atoms with Crippen LogP contribution >= 0.6 is 0 Å². The van der Waals surface area contributed by atoms with E-state index in [9.17, 15) is 8.42 Å². The van der Waals surface area contributed by atoms with E-state index in [4.69, 9.17) is 14.7 Å². The van der Waals surface area contributed by atoms with Gasteiger partial charge in [-0.1, -0.05) is 43.7 Å². The molecule has 2 aliphatic heterocycles. The number of rotatable bonds is 6. The summed E-state index contributed by atoms with van der Waals surface area (Å²) < 4.78 is 33.3. The molecular weight excluding hydrogens is 412 g/mol. The van der Waals surface area contributed by atoms with E-state index >= 15 is 0 Å². The van der Waals surface area contributed by atoms with E-state index in [1.54, 1.807) is 4.31 Å². The number of ether oxygens (including phenoxy) is 1. The predicted octanol–water partition coefficient (Wildman–Crippen LogP) is 3.25. The molecule has 0 N–H and O–H groups in total. The van der Waals surface area contributed by atoms with Gasteiger partial charge < -0.3 is 9.64 Å². The van der Waals surface area contributed by atoms with E-state index in [2.05, 4.69) is 18.7 Å². The smallest absolute Gasteiger partial charge is 0.214 e. The van der Waals surface area contributed by atoms with E-state index in [1.165, 1.54) is 0 Å². The summed E-state index contributed by atoms with van der Waals surface area (Å²) in [7, 11) is -3.28. The molecule has 3 heterocycles. The van der Waals surface area contributed by atoms with Crippen LogP contribution in [0.4, 0.5) is 5.82 Å². The maximum atomic E-state index is 12.9. The molecule has 1 aromatic heterocycles. The lowest BCUT2D eigenvalue weighted by atomic mass is 10.1. The monoisotopic (exact) mass is 444 g/mol. The van der Waals surface area contributed by atoms with Crippen molar-refractivity contribution in [2.75, 3.05) is 30.3 Å².